The number of aliphatic hydroxyl groups is 2. The van der Waals surface area contributed by atoms with Gasteiger partial charge in [-0.15, -0.1) is 0 Å². The van der Waals surface area contributed by atoms with Crippen molar-refractivity contribution >= 4 is 17.7 Å². The Morgan fingerprint density at radius 1 is 1.02 bits per heavy atom. The van der Waals surface area contributed by atoms with Gasteiger partial charge in [0.25, 0.3) is 0 Å². The molecule has 9 aliphatic rings. The zero-order valence-corrected chi connectivity index (χ0v) is 33.5. The van der Waals surface area contributed by atoms with Crippen LogP contribution in [0, 0.1) is 57.7 Å². The van der Waals surface area contributed by atoms with E-state index < -0.39 is 69.9 Å². The van der Waals surface area contributed by atoms with E-state index in [2.05, 4.69) is 43.6 Å². The molecule has 8 fully saturated rings. The first kappa shape index (κ1) is 37.6. The molecule has 12 nitrogen and oxygen atoms in total. The molecule has 17 unspecified atom stereocenters. The number of carbonyl (C=O) groups is 3. The molecule has 1 aromatic heterocycles. The Morgan fingerprint density at radius 3 is 2.61 bits per heavy atom. The topological polar surface area (TPSA) is 169 Å². The second-order valence-corrected chi connectivity index (χ2v) is 20.3. The molecule has 0 bridgehead atoms. The molecule has 1 aromatic rings. The first-order valence-electron chi connectivity index (χ1n) is 21.5. The molecule has 4 N–H and O–H groups in total. The Kier molecular flexibility index (Phi) is 8.54. The number of ketones is 1. The molecule has 6 heterocycles. The number of aliphatic hydroxyl groups excluding tert-OH is 2. The molecule has 2 spiro atoms. The van der Waals surface area contributed by atoms with Crippen LogP contribution in [-0.4, -0.2) is 89.4 Å². The van der Waals surface area contributed by atoms with Crippen molar-refractivity contribution in [3.63, 3.8) is 0 Å². The highest BCUT2D eigenvalue weighted by molar-refractivity contribution is 5.92. The van der Waals surface area contributed by atoms with E-state index in [0.717, 1.165) is 44.5 Å². The Hall–Kier alpha value is -2.61. The fourth-order valence-electron chi connectivity index (χ4n) is 14.7. The monoisotopic (exact) mass is 776 g/mol. The van der Waals surface area contributed by atoms with Crippen LogP contribution >= 0.6 is 0 Å². The summed E-state index contributed by atoms with van der Waals surface area (Å²) in [6.07, 6.45) is 8.08. The van der Waals surface area contributed by atoms with E-state index in [1.165, 1.54) is 0 Å². The van der Waals surface area contributed by atoms with Gasteiger partial charge in [-0.25, -0.2) is 4.79 Å². The lowest BCUT2D eigenvalue weighted by Crippen LogP contribution is -2.76. The molecule has 4 aliphatic carbocycles. The molecule has 17 atom stereocenters. The number of Topliss-reactive ketones (excluding diaryl/α,β-unsaturated/α-hetero) is 1. The molecule has 5 saturated heterocycles. The molecule has 0 radical (unpaired) electrons. The molecule has 306 valence electrons. The number of ether oxygens (including phenoxy) is 4. The number of allylic oxidation sites excluding steroid dienone is 1. The lowest BCUT2D eigenvalue weighted by Gasteiger charge is -2.66. The lowest BCUT2D eigenvalue weighted by molar-refractivity contribution is -0.252. The normalized spacial score (nSPS) is 51.6. The summed E-state index contributed by atoms with van der Waals surface area (Å²) in [5, 5.41) is 31.1. The third-order valence-electron chi connectivity index (χ3n) is 17.3. The molecule has 10 rings (SSSR count). The number of carbonyl (C=O) groups excluding carboxylic acids is 3. The number of cyclic esters (lactones) is 2. The second kappa shape index (κ2) is 12.7. The summed E-state index contributed by atoms with van der Waals surface area (Å²) in [6.45, 7) is 12.1. The van der Waals surface area contributed by atoms with E-state index >= 15 is 4.79 Å². The summed E-state index contributed by atoms with van der Waals surface area (Å²) in [5.74, 6) is -0.0494. The molecule has 56 heavy (non-hydrogen) atoms. The van der Waals surface area contributed by atoms with Gasteiger partial charge >= 0.3 is 11.9 Å². The number of furan rings is 1. The number of epoxide rings is 1. The van der Waals surface area contributed by atoms with Gasteiger partial charge in [0.05, 0.1) is 36.4 Å². The molecule has 12 heteroatoms. The van der Waals surface area contributed by atoms with Crippen molar-refractivity contribution in [2.24, 2.45) is 57.7 Å². The average Bonchev–Trinajstić information content (AvgIpc) is 3.42. The quantitative estimate of drug-likeness (QED) is 0.178. The van der Waals surface area contributed by atoms with Crippen molar-refractivity contribution in [1.82, 2.24) is 10.6 Å². The van der Waals surface area contributed by atoms with Crippen LogP contribution in [-0.2, 0) is 39.8 Å². The number of rotatable bonds is 7. The van der Waals surface area contributed by atoms with Gasteiger partial charge in [0.2, 0.25) is 0 Å². The van der Waals surface area contributed by atoms with Crippen LogP contribution < -0.4 is 10.6 Å². The van der Waals surface area contributed by atoms with E-state index in [9.17, 15) is 19.8 Å². The summed E-state index contributed by atoms with van der Waals surface area (Å²) in [4.78, 5) is 42.0. The van der Waals surface area contributed by atoms with Crippen molar-refractivity contribution in [1.29, 1.82) is 0 Å². The van der Waals surface area contributed by atoms with Gasteiger partial charge in [0, 0.05) is 47.5 Å². The zero-order chi connectivity index (χ0) is 39.2. The van der Waals surface area contributed by atoms with Gasteiger partial charge in [-0.1, -0.05) is 39.8 Å². The van der Waals surface area contributed by atoms with Crippen LogP contribution in [0.15, 0.2) is 28.9 Å². The molecular formula is C44H60N2O10. The fourth-order valence-corrected chi connectivity index (χ4v) is 14.7. The summed E-state index contributed by atoms with van der Waals surface area (Å²) in [5.41, 5.74) is -4.28. The largest absolute Gasteiger partial charge is 0.469 e. The van der Waals surface area contributed by atoms with Gasteiger partial charge in [-0.05, 0) is 93.4 Å². The molecule has 0 amide bonds. The predicted molar refractivity (Wildman–Crippen MR) is 200 cm³/mol. The highest BCUT2D eigenvalue weighted by Gasteiger charge is 2.91. The van der Waals surface area contributed by atoms with Crippen LogP contribution in [0.4, 0.5) is 0 Å². The fraction of sp³-hybridized carbons (Fsp3) is 0.795. The second-order valence-electron chi connectivity index (χ2n) is 20.3. The highest BCUT2D eigenvalue weighted by atomic mass is 16.7. The number of hydrogen-bond acceptors (Lipinski definition) is 12. The van der Waals surface area contributed by atoms with E-state index in [-0.39, 0.29) is 42.5 Å². The summed E-state index contributed by atoms with van der Waals surface area (Å²) < 4.78 is 32.1. The average molecular weight is 777 g/mol. The van der Waals surface area contributed by atoms with E-state index in [0.29, 0.717) is 55.2 Å². The first-order valence-corrected chi connectivity index (χ1v) is 21.5. The van der Waals surface area contributed by atoms with Gasteiger partial charge in [-0.3, -0.25) is 14.9 Å². The summed E-state index contributed by atoms with van der Waals surface area (Å²) >= 11 is 0. The van der Waals surface area contributed by atoms with Crippen molar-refractivity contribution in [2.45, 2.75) is 140 Å². The smallest absolute Gasteiger partial charge is 0.339 e. The Balaban J connectivity index is 0.996. The molecule has 5 aliphatic heterocycles. The van der Waals surface area contributed by atoms with Crippen LogP contribution in [0.3, 0.4) is 0 Å². The first-order chi connectivity index (χ1) is 26.7. The zero-order valence-electron chi connectivity index (χ0n) is 33.5. The van der Waals surface area contributed by atoms with Crippen molar-refractivity contribution < 1.29 is 48.0 Å². The Bertz CT molecular complexity index is 1820. The molecule has 0 aromatic carbocycles. The predicted octanol–water partition coefficient (Wildman–Crippen LogP) is 4.17. The van der Waals surface area contributed by atoms with Crippen molar-refractivity contribution in [3.05, 3.63) is 35.8 Å². The lowest BCUT2D eigenvalue weighted by atomic mass is 9.36. The van der Waals surface area contributed by atoms with Crippen molar-refractivity contribution in [3.8, 4) is 0 Å². The van der Waals surface area contributed by atoms with Gasteiger partial charge in [-0.2, -0.15) is 0 Å². The van der Waals surface area contributed by atoms with E-state index in [1.807, 2.05) is 19.9 Å². The van der Waals surface area contributed by atoms with Gasteiger partial charge < -0.3 is 38.9 Å². The molecular weight excluding hydrogens is 716 g/mol. The number of esters is 2. The number of fused-ring (bicyclic) bond motifs is 2. The van der Waals surface area contributed by atoms with Crippen molar-refractivity contribution in [2.75, 3.05) is 19.8 Å². The highest BCUT2D eigenvalue weighted by Crippen LogP contribution is 2.80. The summed E-state index contributed by atoms with van der Waals surface area (Å²) in [7, 11) is 0. The van der Waals surface area contributed by atoms with Gasteiger partial charge in [0.15, 0.2) is 11.9 Å². The number of nitrogens with one attached hydrogen (secondary N) is 2. The van der Waals surface area contributed by atoms with Crippen LogP contribution in [0.25, 0.3) is 0 Å². The molecule has 3 saturated carbocycles. The maximum atomic E-state index is 15.0. The summed E-state index contributed by atoms with van der Waals surface area (Å²) in [6, 6.07) is 2.31. The minimum Gasteiger partial charge on any atom is -0.469 e. The SMILES string of the molecule is CC(C)CCC1(C)OC2CC(=O)OCC23C1C(=O)C(O)C1(C)C3CCC2(C)C(c3ccoc3CC3C(O)CCC4CC(C5CNCN5)C=CC43)OC(=O)C3OC321. The number of hydrogen-bond donors (Lipinski definition) is 4. The van der Waals surface area contributed by atoms with Gasteiger partial charge in [0.1, 0.15) is 30.2 Å². The Morgan fingerprint density at radius 2 is 1.84 bits per heavy atom. The third-order valence-corrected chi connectivity index (χ3v) is 17.3. The van der Waals surface area contributed by atoms with E-state index in [4.69, 9.17) is 23.4 Å². The minimum absolute atomic E-state index is 0.0312. The minimum atomic E-state index is -1.44. The van der Waals surface area contributed by atoms with Crippen LogP contribution in [0.1, 0.15) is 103 Å². The maximum Gasteiger partial charge on any atom is 0.339 e. The van der Waals surface area contributed by atoms with Crippen LogP contribution in [0.5, 0.6) is 0 Å². The van der Waals surface area contributed by atoms with Crippen LogP contribution in [0.2, 0.25) is 0 Å². The Labute approximate surface area is 329 Å². The maximum absolute atomic E-state index is 15.0. The standard InChI is InChI=1S/C44H60N2O10/c1-22(2)10-14-41(4)35-34(49)36(50)42(5)31(43(35)20-53-33(48)18-32(43)55-41)11-13-40(3)37(54-39(51)38-44(40,42)56-38)26-12-15-52-30(26)17-27-25-8-6-24(28-19-45-21-46-28)16-23(25)7-9-29(27)47/h6,8,12,15,22-25,27-29,31-32,35-38,45-47,50H,7,9-11,13-14,16-21H2,1-5H3. The third kappa shape index (κ3) is 4.83. The van der Waals surface area contributed by atoms with E-state index in [1.54, 1.807) is 6.26 Å².